The number of nitrogens with one attached hydrogen (secondary N) is 1. The molecule has 1 aromatic rings. The summed E-state index contributed by atoms with van der Waals surface area (Å²) in [5, 5.41) is 3.08. The predicted octanol–water partition coefficient (Wildman–Crippen LogP) is 3.06. The molecule has 0 aliphatic rings. The van der Waals surface area contributed by atoms with Crippen LogP contribution >= 0.6 is 0 Å². The standard InChI is InChI=1S/C13H18F3NO/c1-9(2)7-17-8-10-5-11(15)13(12(16)6-10)18-4-3-14/h5-6,9,17H,3-4,7-8H2,1-2H3. The van der Waals surface area contributed by atoms with Crippen LogP contribution in [0.4, 0.5) is 13.2 Å². The van der Waals surface area contributed by atoms with Crippen LogP contribution in [0.2, 0.25) is 0 Å². The molecule has 0 heterocycles. The fraction of sp³-hybridized carbons (Fsp3) is 0.538. The Morgan fingerprint density at radius 3 is 2.33 bits per heavy atom. The molecule has 0 unspecified atom stereocenters. The zero-order valence-electron chi connectivity index (χ0n) is 10.6. The number of ether oxygens (including phenoxy) is 1. The first-order valence-corrected chi connectivity index (χ1v) is 5.92. The largest absolute Gasteiger partial charge is 0.485 e. The van der Waals surface area contributed by atoms with E-state index in [-0.39, 0.29) is 6.61 Å². The van der Waals surface area contributed by atoms with Gasteiger partial charge in [-0.25, -0.2) is 13.2 Å². The molecule has 0 atom stereocenters. The SMILES string of the molecule is CC(C)CNCc1cc(F)c(OCCF)c(F)c1. The Morgan fingerprint density at radius 2 is 1.83 bits per heavy atom. The molecular weight excluding hydrogens is 243 g/mol. The van der Waals surface area contributed by atoms with Gasteiger partial charge in [0.2, 0.25) is 0 Å². The lowest BCUT2D eigenvalue weighted by molar-refractivity contribution is 0.251. The fourth-order valence-electron chi connectivity index (χ4n) is 1.50. The minimum Gasteiger partial charge on any atom is -0.485 e. The van der Waals surface area contributed by atoms with Crippen LogP contribution in [0.1, 0.15) is 19.4 Å². The summed E-state index contributed by atoms with van der Waals surface area (Å²) < 4.78 is 43.6. The Balaban J connectivity index is 2.67. The molecule has 0 bridgehead atoms. The van der Waals surface area contributed by atoms with Gasteiger partial charge in [-0.2, -0.15) is 0 Å². The van der Waals surface area contributed by atoms with Crippen molar-refractivity contribution in [3.05, 3.63) is 29.3 Å². The molecule has 0 radical (unpaired) electrons. The summed E-state index contributed by atoms with van der Waals surface area (Å²) in [4.78, 5) is 0. The summed E-state index contributed by atoms with van der Waals surface area (Å²) in [5.41, 5.74) is 0.498. The van der Waals surface area contributed by atoms with Crippen molar-refractivity contribution in [3.8, 4) is 5.75 Å². The molecular formula is C13H18F3NO. The van der Waals surface area contributed by atoms with Crippen LogP contribution in [-0.2, 0) is 6.54 Å². The van der Waals surface area contributed by atoms with Crippen molar-refractivity contribution in [3.63, 3.8) is 0 Å². The summed E-state index contributed by atoms with van der Waals surface area (Å²) in [6.07, 6.45) is 0. The Hall–Kier alpha value is -1.23. The van der Waals surface area contributed by atoms with E-state index in [1.165, 1.54) is 12.1 Å². The maximum atomic E-state index is 13.5. The fourth-order valence-corrected chi connectivity index (χ4v) is 1.50. The van der Waals surface area contributed by atoms with Gasteiger partial charge in [0.15, 0.2) is 17.4 Å². The molecule has 0 amide bonds. The third-order valence-corrected chi connectivity index (χ3v) is 2.26. The number of hydrogen-bond acceptors (Lipinski definition) is 2. The van der Waals surface area contributed by atoms with Crippen molar-refractivity contribution in [2.75, 3.05) is 19.8 Å². The second kappa shape index (κ2) is 7.26. The van der Waals surface area contributed by atoms with Gasteiger partial charge >= 0.3 is 0 Å². The highest BCUT2D eigenvalue weighted by molar-refractivity contribution is 5.31. The average Bonchev–Trinajstić information content (AvgIpc) is 2.27. The molecule has 0 saturated carbocycles. The lowest BCUT2D eigenvalue weighted by Crippen LogP contribution is -2.19. The van der Waals surface area contributed by atoms with E-state index in [9.17, 15) is 13.2 Å². The quantitative estimate of drug-likeness (QED) is 0.814. The third kappa shape index (κ3) is 4.56. The van der Waals surface area contributed by atoms with Gasteiger partial charge in [-0.05, 0) is 30.2 Å². The first-order valence-electron chi connectivity index (χ1n) is 5.92. The molecule has 18 heavy (non-hydrogen) atoms. The average molecular weight is 261 g/mol. The van der Waals surface area contributed by atoms with E-state index < -0.39 is 24.1 Å². The van der Waals surface area contributed by atoms with E-state index in [0.29, 0.717) is 18.0 Å². The Morgan fingerprint density at radius 1 is 1.22 bits per heavy atom. The van der Waals surface area contributed by atoms with Crippen LogP contribution in [-0.4, -0.2) is 19.8 Å². The zero-order chi connectivity index (χ0) is 13.5. The van der Waals surface area contributed by atoms with E-state index in [4.69, 9.17) is 0 Å². The van der Waals surface area contributed by atoms with Crippen molar-refractivity contribution in [2.45, 2.75) is 20.4 Å². The van der Waals surface area contributed by atoms with Crippen LogP contribution < -0.4 is 10.1 Å². The Kier molecular flexibility index (Phi) is 5.98. The van der Waals surface area contributed by atoms with Crippen LogP contribution in [0, 0.1) is 17.6 Å². The molecule has 5 heteroatoms. The van der Waals surface area contributed by atoms with Crippen LogP contribution in [0.25, 0.3) is 0 Å². The van der Waals surface area contributed by atoms with Crippen LogP contribution in [0.3, 0.4) is 0 Å². The second-order valence-electron chi connectivity index (χ2n) is 4.45. The van der Waals surface area contributed by atoms with E-state index in [2.05, 4.69) is 10.1 Å². The first kappa shape index (κ1) is 14.8. The van der Waals surface area contributed by atoms with Crippen molar-refractivity contribution < 1.29 is 17.9 Å². The highest BCUT2D eigenvalue weighted by atomic mass is 19.1. The minimum atomic E-state index is -0.801. The molecule has 1 N–H and O–H groups in total. The first-order chi connectivity index (χ1) is 8.54. The maximum absolute atomic E-state index is 13.5. The number of rotatable bonds is 7. The summed E-state index contributed by atoms with van der Waals surface area (Å²) in [7, 11) is 0. The van der Waals surface area contributed by atoms with Crippen molar-refractivity contribution >= 4 is 0 Å². The van der Waals surface area contributed by atoms with Crippen LogP contribution in [0.5, 0.6) is 5.75 Å². The Bertz CT molecular complexity index is 359. The van der Waals surface area contributed by atoms with Gasteiger partial charge in [-0.15, -0.1) is 0 Å². The number of benzene rings is 1. The molecule has 0 aliphatic heterocycles. The molecule has 0 spiro atoms. The zero-order valence-corrected chi connectivity index (χ0v) is 10.6. The molecule has 102 valence electrons. The lowest BCUT2D eigenvalue weighted by Gasteiger charge is -2.10. The topological polar surface area (TPSA) is 21.3 Å². The lowest BCUT2D eigenvalue weighted by atomic mass is 10.1. The van der Waals surface area contributed by atoms with Gasteiger partial charge in [0, 0.05) is 6.54 Å². The van der Waals surface area contributed by atoms with E-state index in [1.54, 1.807) is 0 Å². The number of alkyl halides is 1. The molecule has 1 aromatic carbocycles. The summed E-state index contributed by atoms with van der Waals surface area (Å²) in [6, 6.07) is 2.40. The van der Waals surface area contributed by atoms with Crippen LogP contribution in [0.15, 0.2) is 12.1 Å². The van der Waals surface area contributed by atoms with Gasteiger partial charge in [0.05, 0.1) is 0 Å². The van der Waals surface area contributed by atoms with Crippen molar-refractivity contribution in [1.82, 2.24) is 5.32 Å². The van der Waals surface area contributed by atoms with E-state index in [0.717, 1.165) is 6.54 Å². The third-order valence-electron chi connectivity index (χ3n) is 2.26. The number of halogens is 3. The van der Waals surface area contributed by atoms with Gasteiger partial charge in [-0.3, -0.25) is 0 Å². The minimum absolute atomic E-state index is 0.348. The van der Waals surface area contributed by atoms with Gasteiger partial charge in [0.1, 0.15) is 13.3 Å². The molecule has 1 rings (SSSR count). The van der Waals surface area contributed by atoms with Gasteiger partial charge in [-0.1, -0.05) is 13.8 Å². The monoisotopic (exact) mass is 261 g/mol. The van der Waals surface area contributed by atoms with E-state index >= 15 is 0 Å². The molecule has 0 aromatic heterocycles. The van der Waals surface area contributed by atoms with E-state index in [1.807, 2.05) is 13.8 Å². The second-order valence-corrected chi connectivity index (χ2v) is 4.45. The number of hydrogen-bond donors (Lipinski definition) is 1. The normalized spacial score (nSPS) is 11.0. The summed E-state index contributed by atoms with van der Waals surface area (Å²) in [6.45, 7) is 4.11. The molecule has 2 nitrogen and oxygen atoms in total. The maximum Gasteiger partial charge on any atom is 0.190 e. The summed E-state index contributed by atoms with van der Waals surface area (Å²) in [5.74, 6) is -1.65. The van der Waals surface area contributed by atoms with Crippen molar-refractivity contribution in [2.24, 2.45) is 5.92 Å². The molecule has 0 fully saturated rings. The molecule has 0 aliphatic carbocycles. The Labute approximate surface area is 105 Å². The van der Waals surface area contributed by atoms with Gasteiger partial charge in [0.25, 0.3) is 0 Å². The van der Waals surface area contributed by atoms with Gasteiger partial charge < -0.3 is 10.1 Å². The molecule has 0 saturated heterocycles. The summed E-state index contributed by atoms with van der Waals surface area (Å²) >= 11 is 0. The smallest absolute Gasteiger partial charge is 0.190 e. The predicted molar refractivity (Wildman–Crippen MR) is 64.4 cm³/mol. The van der Waals surface area contributed by atoms with Crippen molar-refractivity contribution in [1.29, 1.82) is 0 Å². The highest BCUT2D eigenvalue weighted by Crippen LogP contribution is 2.23. The highest BCUT2D eigenvalue weighted by Gasteiger charge is 2.12.